The molecule has 0 aliphatic rings. The first-order valence-corrected chi connectivity index (χ1v) is 7.96. The van der Waals surface area contributed by atoms with Crippen LogP contribution in [-0.4, -0.2) is 30.2 Å². The molecule has 0 saturated carbocycles. The lowest BCUT2D eigenvalue weighted by atomic mass is 10.1. The number of carbonyl (C=O) groups excluding carboxylic acids is 1. The normalized spacial score (nSPS) is 11.5. The Hall–Kier alpha value is -2.71. The zero-order chi connectivity index (χ0) is 16.9. The monoisotopic (exact) mass is 334 g/mol. The molecule has 0 spiro atoms. The predicted octanol–water partition coefficient (Wildman–Crippen LogP) is 1.33. The summed E-state index contributed by atoms with van der Waals surface area (Å²) in [5.74, 6) is -0.378. The van der Waals surface area contributed by atoms with Gasteiger partial charge in [-0.25, -0.2) is 5.43 Å². The highest BCUT2D eigenvalue weighted by Crippen LogP contribution is 2.13. The molecule has 8 heteroatoms. The Kier molecular flexibility index (Phi) is 5.09. The molecule has 0 aliphatic carbocycles. The Bertz CT molecular complexity index is 846. The van der Waals surface area contributed by atoms with Crippen molar-refractivity contribution in [1.29, 1.82) is 0 Å². The van der Waals surface area contributed by atoms with Crippen molar-refractivity contribution in [1.82, 2.24) is 5.43 Å². The van der Waals surface area contributed by atoms with Crippen molar-refractivity contribution in [3.05, 3.63) is 59.7 Å². The van der Waals surface area contributed by atoms with Crippen LogP contribution in [-0.2, 0) is 21.3 Å². The minimum Gasteiger partial charge on any atom is -0.508 e. The largest absolute Gasteiger partial charge is 0.508 e. The summed E-state index contributed by atoms with van der Waals surface area (Å²) in [6.07, 6.45) is 1.13. The van der Waals surface area contributed by atoms with Crippen molar-refractivity contribution in [2.24, 2.45) is 5.10 Å². The molecule has 0 atom stereocenters. The summed E-state index contributed by atoms with van der Waals surface area (Å²) in [6.45, 7) is 0. The number of phenols is 1. The molecule has 0 fully saturated rings. The van der Waals surface area contributed by atoms with Crippen molar-refractivity contribution < 1.29 is 22.9 Å². The SMILES string of the molecule is O=C(Cc1cccc(O)c1)N/N=C/c1ccccc1S(=O)(=O)O. The Balaban J connectivity index is 2.04. The maximum Gasteiger partial charge on any atom is 0.295 e. The van der Waals surface area contributed by atoms with Gasteiger partial charge in [-0.1, -0.05) is 30.3 Å². The molecule has 1 amide bonds. The molecule has 0 radical (unpaired) electrons. The van der Waals surface area contributed by atoms with Gasteiger partial charge in [0, 0.05) is 5.56 Å². The van der Waals surface area contributed by atoms with Gasteiger partial charge in [-0.3, -0.25) is 9.35 Å². The van der Waals surface area contributed by atoms with Gasteiger partial charge < -0.3 is 5.11 Å². The first-order chi connectivity index (χ1) is 10.9. The molecule has 2 rings (SSSR count). The fourth-order valence-corrected chi connectivity index (χ4v) is 2.56. The third-order valence-electron chi connectivity index (χ3n) is 2.87. The summed E-state index contributed by atoms with van der Waals surface area (Å²) in [4.78, 5) is 11.4. The van der Waals surface area contributed by atoms with Gasteiger partial charge in [0.15, 0.2) is 0 Å². The Morgan fingerprint density at radius 2 is 1.91 bits per heavy atom. The van der Waals surface area contributed by atoms with Gasteiger partial charge in [0.05, 0.1) is 12.6 Å². The third kappa shape index (κ3) is 4.90. The second-order valence-corrected chi connectivity index (χ2v) is 6.04. The summed E-state index contributed by atoms with van der Waals surface area (Å²) in [7, 11) is -4.37. The highest BCUT2D eigenvalue weighted by molar-refractivity contribution is 7.86. The molecular formula is C15H14N2O5S. The second-order valence-electron chi connectivity index (χ2n) is 4.65. The first-order valence-electron chi connectivity index (χ1n) is 6.52. The number of hydrogen-bond acceptors (Lipinski definition) is 5. The van der Waals surface area contributed by atoms with Gasteiger partial charge in [-0.15, -0.1) is 0 Å². The summed E-state index contributed by atoms with van der Waals surface area (Å²) in [5, 5.41) is 13.0. The van der Waals surface area contributed by atoms with E-state index in [1.807, 2.05) is 0 Å². The van der Waals surface area contributed by atoms with Crippen LogP contribution in [0.4, 0.5) is 0 Å². The van der Waals surface area contributed by atoms with Crippen LogP contribution in [0.15, 0.2) is 58.5 Å². The van der Waals surface area contributed by atoms with Crippen LogP contribution in [0.25, 0.3) is 0 Å². The molecule has 0 saturated heterocycles. The highest BCUT2D eigenvalue weighted by Gasteiger charge is 2.13. The molecule has 2 aromatic carbocycles. The number of aromatic hydroxyl groups is 1. The summed E-state index contributed by atoms with van der Waals surface area (Å²) in [5.41, 5.74) is 3.00. The van der Waals surface area contributed by atoms with E-state index in [4.69, 9.17) is 4.55 Å². The molecule has 0 bridgehead atoms. The zero-order valence-electron chi connectivity index (χ0n) is 11.9. The third-order valence-corrected chi connectivity index (χ3v) is 3.79. The maximum absolute atomic E-state index is 11.7. The molecule has 2 aromatic rings. The van der Waals surface area contributed by atoms with Crippen LogP contribution in [0.1, 0.15) is 11.1 Å². The maximum atomic E-state index is 11.7. The first kappa shape index (κ1) is 16.7. The standard InChI is InChI=1S/C15H14N2O5S/c18-13-6-3-4-11(8-13)9-15(19)17-16-10-12-5-1-2-7-14(12)23(20,21)22/h1-8,10,18H,9H2,(H,17,19)(H,20,21,22)/b16-10+. The van der Waals surface area contributed by atoms with Gasteiger partial charge in [0.25, 0.3) is 10.1 Å². The quantitative estimate of drug-likeness (QED) is 0.433. The summed E-state index contributed by atoms with van der Waals surface area (Å²) in [6, 6.07) is 11.9. The number of rotatable bonds is 5. The molecule has 0 unspecified atom stereocenters. The lowest BCUT2D eigenvalue weighted by molar-refractivity contribution is -0.120. The number of carbonyl (C=O) groups is 1. The molecule has 3 N–H and O–H groups in total. The average molecular weight is 334 g/mol. The van der Waals surface area contributed by atoms with Gasteiger partial charge in [-0.2, -0.15) is 13.5 Å². The van der Waals surface area contributed by atoms with Gasteiger partial charge in [0.2, 0.25) is 5.91 Å². The number of phenolic OH excluding ortho intramolecular Hbond substituents is 1. The van der Waals surface area contributed by atoms with Crippen LogP contribution in [0.5, 0.6) is 5.75 Å². The lowest BCUT2D eigenvalue weighted by Crippen LogP contribution is -2.19. The molecule has 0 heterocycles. The van der Waals surface area contributed by atoms with E-state index in [2.05, 4.69) is 10.5 Å². The van der Waals surface area contributed by atoms with E-state index < -0.39 is 16.0 Å². The fraction of sp³-hybridized carbons (Fsp3) is 0.0667. The molecule has 0 aromatic heterocycles. The number of hydrogen-bond donors (Lipinski definition) is 3. The Morgan fingerprint density at radius 3 is 2.61 bits per heavy atom. The predicted molar refractivity (Wildman–Crippen MR) is 83.8 cm³/mol. The van der Waals surface area contributed by atoms with Crippen LogP contribution in [0.3, 0.4) is 0 Å². The van der Waals surface area contributed by atoms with Crippen LogP contribution in [0, 0.1) is 0 Å². The van der Waals surface area contributed by atoms with Crippen molar-refractivity contribution in [2.75, 3.05) is 0 Å². The van der Waals surface area contributed by atoms with Gasteiger partial charge in [-0.05, 0) is 23.8 Å². The van der Waals surface area contributed by atoms with E-state index in [0.29, 0.717) is 5.56 Å². The molecule has 23 heavy (non-hydrogen) atoms. The van der Waals surface area contributed by atoms with Gasteiger partial charge in [0.1, 0.15) is 10.6 Å². The van der Waals surface area contributed by atoms with Crippen LogP contribution in [0.2, 0.25) is 0 Å². The van der Waals surface area contributed by atoms with Crippen LogP contribution < -0.4 is 5.43 Å². The second kappa shape index (κ2) is 7.03. The minimum atomic E-state index is -4.37. The van der Waals surface area contributed by atoms with Crippen molar-refractivity contribution in [3.63, 3.8) is 0 Å². The Labute approximate surface area is 133 Å². The van der Waals surface area contributed by atoms with E-state index >= 15 is 0 Å². The van der Waals surface area contributed by atoms with E-state index in [9.17, 15) is 18.3 Å². The van der Waals surface area contributed by atoms with Crippen LogP contribution >= 0.6 is 0 Å². The average Bonchev–Trinajstić information content (AvgIpc) is 2.46. The highest BCUT2D eigenvalue weighted by atomic mass is 32.2. The zero-order valence-corrected chi connectivity index (χ0v) is 12.7. The number of amides is 1. The lowest BCUT2D eigenvalue weighted by Gasteiger charge is -2.03. The molecule has 0 aliphatic heterocycles. The summed E-state index contributed by atoms with van der Waals surface area (Å²) >= 11 is 0. The van der Waals surface area contributed by atoms with E-state index in [0.717, 1.165) is 6.21 Å². The Morgan fingerprint density at radius 1 is 1.17 bits per heavy atom. The molecular weight excluding hydrogens is 320 g/mol. The van der Waals surface area contributed by atoms with E-state index in [1.54, 1.807) is 18.2 Å². The van der Waals surface area contributed by atoms with Gasteiger partial charge >= 0.3 is 0 Å². The number of nitrogens with one attached hydrogen (secondary N) is 1. The van der Waals surface area contributed by atoms with Crippen molar-refractivity contribution >= 4 is 22.2 Å². The van der Waals surface area contributed by atoms with E-state index in [-0.39, 0.29) is 22.6 Å². The molecule has 120 valence electrons. The molecule has 7 nitrogen and oxygen atoms in total. The van der Waals surface area contributed by atoms with Crippen molar-refractivity contribution in [3.8, 4) is 5.75 Å². The van der Waals surface area contributed by atoms with E-state index in [1.165, 1.54) is 30.3 Å². The smallest absolute Gasteiger partial charge is 0.295 e. The minimum absolute atomic E-state index is 0.00564. The van der Waals surface area contributed by atoms with Crippen molar-refractivity contribution in [2.45, 2.75) is 11.3 Å². The fourth-order valence-electron chi connectivity index (χ4n) is 1.89. The number of hydrazone groups is 1. The summed E-state index contributed by atoms with van der Waals surface area (Å²) < 4.78 is 31.5. The number of benzene rings is 2. The number of nitrogens with zero attached hydrogens (tertiary/aromatic N) is 1. The topological polar surface area (TPSA) is 116 Å².